The molecule has 0 saturated heterocycles. The molecule has 6 heteroatoms. The number of rotatable bonds is 3. The van der Waals surface area contributed by atoms with Crippen molar-refractivity contribution >= 4 is 28.3 Å². The lowest BCUT2D eigenvalue weighted by molar-refractivity contribution is -0.156. The van der Waals surface area contributed by atoms with E-state index in [9.17, 15) is 9.59 Å². The van der Waals surface area contributed by atoms with Crippen molar-refractivity contribution < 1.29 is 14.3 Å². The zero-order valence-corrected chi connectivity index (χ0v) is 13.4. The summed E-state index contributed by atoms with van der Waals surface area (Å²) in [6.45, 7) is 14.4. The molecule has 0 radical (unpaired) electrons. The van der Waals surface area contributed by atoms with Gasteiger partial charge in [-0.15, -0.1) is 0 Å². The van der Waals surface area contributed by atoms with E-state index in [0.717, 1.165) is 0 Å². The van der Waals surface area contributed by atoms with Crippen LogP contribution in [0.25, 0.3) is 0 Å². The Kier molecular flexibility index (Phi) is 4.93. The van der Waals surface area contributed by atoms with Gasteiger partial charge >= 0.3 is 11.9 Å². The van der Waals surface area contributed by atoms with Gasteiger partial charge in [-0.3, -0.25) is 4.79 Å². The fourth-order valence-corrected chi connectivity index (χ4v) is 11.4. The summed E-state index contributed by atoms with van der Waals surface area (Å²) in [5.41, 5.74) is 0. The quantitative estimate of drug-likeness (QED) is 0.444. The molecule has 0 atom stereocenters. The smallest absolute Gasteiger partial charge is 0.395 e. The van der Waals surface area contributed by atoms with E-state index in [-0.39, 0.29) is 6.61 Å². The molecule has 0 rings (SSSR count). The number of hydrogen-bond donors (Lipinski definition) is 0. The van der Waals surface area contributed by atoms with Crippen LogP contribution in [0.4, 0.5) is 0 Å². The minimum absolute atomic E-state index is 0.246. The number of hydrogen-bond acceptors (Lipinski definition) is 3. The standard InChI is InChI=1S/C10H23NO3Si2/c1-8-14-10(13)9(12)11(15(2,3)4)16(5,6)7/h8H2,1-7H3. The molecule has 0 aliphatic heterocycles. The van der Waals surface area contributed by atoms with Gasteiger partial charge in [0.1, 0.15) is 16.5 Å². The van der Waals surface area contributed by atoms with Crippen LogP contribution in [0.1, 0.15) is 6.92 Å². The Morgan fingerprint density at radius 1 is 1.00 bits per heavy atom. The van der Waals surface area contributed by atoms with E-state index in [1.54, 1.807) is 6.92 Å². The predicted molar refractivity (Wildman–Crippen MR) is 70.2 cm³/mol. The Balaban J connectivity index is 5.09. The summed E-state index contributed by atoms with van der Waals surface area (Å²) in [6.07, 6.45) is 0. The van der Waals surface area contributed by atoms with Gasteiger partial charge in [-0.2, -0.15) is 0 Å². The molecule has 4 nitrogen and oxygen atoms in total. The van der Waals surface area contributed by atoms with Crippen molar-refractivity contribution in [3.05, 3.63) is 0 Å². The van der Waals surface area contributed by atoms with Crippen LogP contribution in [0.3, 0.4) is 0 Å². The van der Waals surface area contributed by atoms with Gasteiger partial charge in [0.25, 0.3) is 0 Å². The SMILES string of the molecule is CCOC(=O)C(=O)N([Si](C)(C)C)[Si](C)(C)C. The van der Waals surface area contributed by atoms with Gasteiger partial charge < -0.3 is 8.97 Å². The van der Waals surface area contributed by atoms with Gasteiger partial charge in [0.2, 0.25) is 0 Å². The first-order chi connectivity index (χ1) is 7.01. The van der Waals surface area contributed by atoms with E-state index in [1.807, 2.05) is 4.23 Å². The van der Waals surface area contributed by atoms with E-state index in [1.165, 1.54) is 0 Å². The summed E-state index contributed by atoms with van der Waals surface area (Å²) in [4.78, 5) is 23.6. The number of nitrogens with zero attached hydrogens (tertiary/aromatic N) is 1. The van der Waals surface area contributed by atoms with Gasteiger partial charge in [-0.25, -0.2) is 4.79 Å². The monoisotopic (exact) mass is 261 g/mol. The maximum atomic E-state index is 12.0. The van der Waals surface area contributed by atoms with Crippen molar-refractivity contribution in [1.82, 2.24) is 4.23 Å². The molecule has 0 aliphatic carbocycles. The van der Waals surface area contributed by atoms with Crippen LogP contribution >= 0.6 is 0 Å². The average Bonchev–Trinajstić information content (AvgIpc) is 1.98. The Morgan fingerprint density at radius 2 is 1.38 bits per heavy atom. The second-order valence-electron chi connectivity index (χ2n) is 5.70. The van der Waals surface area contributed by atoms with E-state index in [0.29, 0.717) is 0 Å². The van der Waals surface area contributed by atoms with E-state index < -0.39 is 28.3 Å². The van der Waals surface area contributed by atoms with Crippen molar-refractivity contribution in [2.75, 3.05) is 6.61 Å². The Morgan fingerprint density at radius 3 is 1.62 bits per heavy atom. The van der Waals surface area contributed by atoms with Crippen molar-refractivity contribution in [1.29, 1.82) is 0 Å². The van der Waals surface area contributed by atoms with Gasteiger partial charge in [0, 0.05) is 0 Å². The van der Waals surface area contributed by atoms with Crippen LogP contribution in [0.2, 0.25) is 39.3 Å². The predicted octanol–water partition coefficient (Wildman–Crippen LogP) is 2.05. The summed E-state index contributed by atoms with van der Waals surface area (Å²) in [5, 5.41) is 0. The molecule has 0 aromatic rings. The summed E-state index contributed by atoms with van der Waals surface area (Å²) in [6, 6.07) is 0. The fourth-order valence-electron chi connectivity index (χ4n) is 1.90. The van der Waals surface area contributed by atoms with Crippen molar-refractivity contribution in [2.45, 2.75) is 46.2 Å². The minimum Gasteiger partial charge on any atom is -0.459 e. The first-order valence-corrected chi connectivity index (χ1v) is 12.4. The largest absolute Gasteiger partial charge is 0.459 e. The summed E-state index contributed by atoms with van der Waals surface area (Å²) in [5.74, 6) is -1.17. The van der Waals surface area contributed by atoms with Crippen LogP contribution in [-0.4, -0.2) is 39.2 Å². The maximum Gasteiger partial charge on any atom is 0.395 e. The molecule has 0 fully saturated rings. The zero-order valence-electron chi connectivity index (χ0n) is 11.4. The molecule has 1 amide bonds. The Labute approximate surface area is 100 Å². The molecule has 0 aromatic heterocycles. The lowest BCUT2D eigenvalue weighted by Gasteiger charge is -2.42. The van der Waals surface area contributed by atoms with Gasteiger partial charge in [0.15, 0.2) is 0 Å². The maximum absolute atomic E-state index is 12.0. The Hall–Kier alpha value is -0.626. The first kappa shape index (κ1) is 15.4. The van der Waals surface area contributed by atoms with Crippen molar-refractivity contribution in [2.24, 2.45) is 0 Å². The molecular formula is C10H23NO3Si2. The first-order valence-electron chi connectivity index (χ1n) is 5.53. The lowest BCUT2D eigenvalue weighted by Crippen LogP contribution is -2.63. The van der Waals surface area contributed by atoms with Crippen LogP contribution in [0.5, 0.6) is 0 Å². The molecule has 16 heavy (non-hydrogen) atoms. The third-order valence-electron chi connectivity index (χ3n) is 1.99. The van der Waals surface area contributed by atoms with Crippen molar-refractivity contribution in [3.8, 4) is 0 Å². The zero-order chi connectivity index (χ0) is 13.1. The molecule has 0 unspecified atom stereocenters. The average molecular weight is 261 g/mol. The highest BCUT2D eigenvalue weighted by molar-refractivity contribution is 6.93. The lowest BCUT2D eigenvalue weighted by atomic mass is 10.6. The third-order valence-corrected chi connectivity index (χ3v) is 9.11. The number of carbonyl (C=O) groups excluding carboxylic acids is 2. The molecule has 94 valence electrons. The molecule has 0 N–H and O–H groups in total. The highest BCUT2D eigenvalue weighted by Crippen LogP contribution is 2.20. The van der Waals surface area contributed by atoms with Gasteiger partial charge in [-0.05, 0) is 6.92 Å². The molecule has 0 saturated carbocycles. The van der Waals surface area contributed by atoms with Gasteiger partial charge in [0.05, 0.1) is 6.61 Å². The van der Waals surface area contributed by atoms with Crippen molar-refractivity contribution in [3.63, 3.8) is 0 Å². The topological polar surface area (TPSA) is 46.6 Å². The second kappa shape index (κ2) is 5.14. The fraction of sp³-hybridized carbons (Fsp3) is 0.800. The van der Waals surface area contributed by atoms with Crippen LogP contribution in [0.15, 0.2) is 0 Å². The summed E-state index contributed by atoms with van der Waals surface area (Å²) in [7, 11) is -3.66. The second-order valence-corrected chi connectivity index (χ2v) is 15.7. The number of esters is 1. The molecule has 0 bridgehead atoms. The normalized spacial score (nSPS) is 12.2. The van der Waals surface area contributed by atoms with Crippen LogP contribution in [0, 0.1) is 0 Å². The summed E-state index contributed by atoms with van der Waals surface area (Å²) >= 11 is 0. The van der Waals surface area contributed by atoms with E-state index in [2.05, 4.69) is 39.3 Å². The van der Waals surface area contributed by atoms with E-state index >= 15 is 0 Å². The number of amides is 1. The van der Waals surface area contributed by atoms with Gasteiger partial charge in [-0.1, -0.05) is 39.3 Å². The van der Waals surface area contributed by atoms with Crippen LogP contribution in [-0.2, 0) is 14.3 Å². The third kappa shape index (κ3) is 4.09. The number of carbonyl (C=O) groups is 2. The molecule has 0 aliphatic rings. The molecular weight excluding hydrogens is 238 g/mol. The van der Waals surface area contributed by atoms with E-state index in [4.69, 9.17) is 4.74 Å². The highest BCUT2D eigenvalue weighted by Gasteiger charge is 2.41. The summed E-state index contributed by atoms with van der Waals surface area (Å²) < 4.78 is 6.62. The Bertz CT molecular complexity index is 265. The molecule has 0 spiro atoms. The molecule has 0 heterocycles. The minimum atomic E-state index is -1.83. The highest BCUT2D eigenvalue weighted by atomic mass is 28.4. The number of ether oxygens (including phenoxy) is 1. The molecule has 0 aromatic carbocycles. The van der Waals surface area contributed by atoms with Crippen LogP contribution < -0.4 is 0 Å².